The number of aryl methyl sites for hydroxylation is 1. The standard InChI is InChI=1S/C21H26ClN5O3S/c1-13(2)26-8-6-15(7-9-26)23-21(28)29-20-10-14(3)24-27(20)12-16-11-17(30-25-16)18-4-5-19(22)31-18/h4-5,10-11,13,15H,6-9,12H2,1-3H3,(H,23,28). The highest BCUT2D eigenvalue weighted by Crippen LogP contribution is 2.31. The highest BCUT2D eigenvalue weighted by molar-refractivity contribution is 7.19. The highest BCUT2D eigenvalue weighted by atomic mass is 35.5. The maximum absolute atomic E-state index is 12.5. The van der Waals surface area contributed by atoms with Gasteiger partial charge in [0.1, 0.15) is 5.69 Å². The molecule has 8 nitrogen and oxygen atoms in total. The first-order valence-electron chi connectivity index (χ1n) is 10.4. The monoisotopic (exact) mass is 463 g/mol. The van der Waals surface area contributed by atoms with Crippen LogP contribution in [0.2, 0.25) is 4.34 Å². The van der Waals surface area contributed by atoms with Crippen LogP contribution in [0.25, 0.3) is 10.6 Å². The van der Waals surface area contributed by atoms with Crippen LogP contribution in [0.4, 0.5) is 4.79 Å². The van der Waals surface area contributed by atoms with E-state index in [2.05, 4.69) is 34.3 Å². The zero-order chi connectivity index (χ0) is 22.0. The predicted molar refractivity (Wildman–Crippen MR) is 120 cm³/mol. The lowest BCUT2D eigenvalue weighted by Crippen LogP contribution is -2.47. The van der Waals surface area contributed by atoms with Gasteiger partial charge in [-0.3, -0.25) is 0 Å². The molecule has 0 unspecified atom stereocenters. The summed E-state index contributed by atoms with van der Waals surface area (Å²) in [5.41, 5.74) is 1.43. The first-order valence-corrected chi connectivity index (χ1v) is 11.5. The van der Waals surface area contributed by atoms with Crippen LogP contribution in [0.15, 0.2) is 28.8 Å². The van der Waals surface area contributed by atoms with Crippen molar-refractivity contribution in [3.63, 3.8) is 0 Å². The summed E-state index contributed by atoms with van der Waals surface area (Å²) in [6, 6.07) is 7.93. The van der Waals surface area contributed by atoms with Crippen LogP contribution in [0, 0.1) is 6.92 Å². The number of ether oxygens (including phenoxy) is 1. The zero-order valence-electron chi connectivity index (χ0n) is 17.8. The molecule has 10 heteroatoms. The Morgan fingerprint density at radius 3 is 2.81 bits per heavy atom. The second kappa shape index (κ2) is 9.42. The number of amides is 1. The number of aromatic nitrogens is 3. The van der Waals surface area contributed by atoms with Crippen LogP contribution in [-0.2, 0) is 6.54 Å². The number of carbonyl (C=O) groups is 1. The molecule has 0 bridgehead atoms. The largest absolute Gasteiger partial charge is 0.414 e. The molecular weight excluding hydrogens is 438 g/mol. The maximum Gasteiger partial charge on any atom is 0.414 e. The van der Waals surface area contributed by atoms with Crippen molar-refractivity contribution in [2.24, 2.45) is 0 Å². The topological polar surface area (TPSA) is 85.4 Å². The van der Waals surface area contributed by atoms with Crippen LogP contribution in [-0.4, -0.2) is 51.1 Å². The molecule has 3 aromatic rings. The second-order valence-electron chi connectivity index (χ2n) is 8.01. The first-order chi connectivity index (χ1) is 14.9. The lowest BCUT2D eigenvalue weighted by Gasteiger charge is -2.34. The molecular formula is C21H26ClN5O3S. The molecule has 0 saturated carbocycles. The maximum atomic E-state index is 12.5. The number of carbonyl (C=O) groups excluding carboxylic acids is 1. The molecule has 0 radical (unpaired) electrons. The molecule has 0 aliphatic carbocycles. The van der Waals surface area contributed by atoms with Crippen molar-refractivity contribution in [1.29, 1.82) is 0 Å². The molecule has 0 atom stereocenters. The van der Waals surface area contributed by atoms with Gasteiger partial charge in [-0.15, -0.1) is 11.3 Å². The molecule has 4 heterocycles. The smallest absolute Gasteiger partial charge is 0.392 e. The van der Waals surface area contributed by atoms with Crippen molar-refractivity contribution in [2.45, 2.75) is 52.2 Å². The molecule has 1 saturated heterocycles. The van der Waals surface area contributed by atoms with E-state index in [1.807, 2.05) is 25.1 Å². The van der Waals surface area contributed by atoms with Gasteiger partial charge in [0, 0.05) is 37.3 Å². The van der Waals surface area contributed by atoms with Crippen LogP contribution < -0.4 is 10.1 Å². The van der Waals surface area contributed by atoms with Gasteiger partial charge in [-0.25, -0.2) is 9.48 Å². The normalized spacial score (nSPS) is 15.5. The fourth-order valence-electron chi connectivity index (χ4n) is 3.67. The number of piperidine rings is 1. The Bertz CT molecular complexity index is 1040. The molecule has 1 aliphatic rings. The van der Waals surface area contributed by atoms with Crippen molar-refractivity contribution in [3.8, 4) is 16.5 Å². The van der Waals surface area contributed by atoms with E-state index in [0.29, 0.717) is 34.3 Å². The zero-order valence-corrected chi connectivity index (χ0v) is 19.4. The first kappa shape index (κ1) is 21.9. The summed E-state index contributed by atoms with van der Waals surface area (Å²) in [4.78, 5) is 15.8. The third-order valence-electron chi connectivity index (χ3n) is 5.33. The third kappa shape index (κ3) is 5.47. The minimum atomic E-state index is -0.460. The Morgan fingerprint density at radius 2 is 2.13 bits per heavy atom. The van der Waals surface area contributed by atoms with Gasteiger partial charge in [-0.05, 0) is 45.7 Å². The lowest BCUT2D eigenvalue weighted by atomic mass is 10.0. The van der Waals surface area contributed by atoms with Crippen LogP contribution in [0.3, 0.4) is 0 Å². The Hall–Kier alpha value is -2.36. The lowest BCUT2D eigenvalue weighted by molar-refractivity contribution is 0.151. The molecule has 1 aliphatic heterocycles. The number of thiophene rings is 1. The molecule has 3 aromatic heterocycles. The minimum absolute atomic E-state index is 0.121. The number of likely N-dealkylation sites (tertiary alicyclic amines) is 1. The SMILES string of the molecule is Cc1cc(OC(=O)NC2CCN(C(C)C)CC2)n(Cc2cc(-c3ccc(Cl)s3)on2)n1. The van der Waals surface area contributed by atoms with Crippen molar-refractivity contribution in [2.75, 3.05) is 13.1 Å². The van der Waals surface area contributed by atoms with E-state index in [0.717, 1.165) is 36.5 Å². The fraction of sp³-hybridized carbons (Fsp3) is 0.476. The Labute approximate surface area is 190 Å². The van der Waals surface area contributed by atoms with Gasteiger partial charge in [0.05, 0.1) is 21.5 Å². The van der Waals surface area contributed by atoms with E-state index in [-0.39, 0.29) is 6.04 Å². The van der Waals surface area contributed by atoms with Crippen molar-refractivity contribution < 1.29 is 14.1 Å². The Morgan fingerprint density at radius 1 is 1.35 bits per heavy atom. The summed E-state index contributed by atoms with van der Waals surface area (Å²) >= 11 is 7.42. The fourth-order valence-corrected chi connectivity index (χ4v) is 4.66. The summed E-state index contributed by atoms with van der Waals surface area (Å²) in [6.45, 7) is 8.52. The molecule has 31 heavy (non-hydrogen) atoms. The quantitative estimate of drug-likeness (QED) is 0.576. The van der Waals surface area contributed by atoms with Crippen LogP contribution >= 0.6 is 22.9 Å². The average Bonchev–Trinajstić information content (AvgIpc) is 3.43. The Kier molecular flexibility index (Phi) is 6.64. The summed E-state index contributed by atoms with van der Waals surface area (Å²) in [5, 5.41) is 11.5. The van der Waals surface area contributed by atoms with Gasteiger partial charge >= 0.3 is 6.09 Å². The third-order valence-corrected chi connectivity index (χ3v) is 6.58. The van der Waals surface area contributed by atoms with E-state index < -0.39 is 6.09 Å². The molecule has 0 aromatic carbocycles. The number of nitrogens with zero attached hydrogens (tertiary/aromatic N) is 4. The van der Waals surface area contributed by atoms with Gasteiger partial charge in [0.25, 0.3) is 0 Å². The molecule has 1 amide bonds. The number of rotatable bonds is 6. The van der Waals surface area contributed by atoms with Crippen molar-refractivity contribution in [3.05, 3.63) is 40.0 Å². The molecule has 0 spiro atoms. The number of hydrogen-bond donors (Lipinski definition) is 1. The molecule has 4 rings (SSSR count). The Balaban J connectivity index is 1.36. The summed E-state index contributed by atoms with van der Waals surface area (Å²) in [5.74, 6) is 1.02. The van der Waals surface area contributed by atoms with E-state index >= 15 is 0 Å². The van der Waals surface area contributed by atoms with Crippen LogP contribution in [0.1, 0.15) is 38.1 Å². The predicted octanol–water partition coefficient (Wildman–Crippen LogP) is 4.57. The van der Waals surface area contributed by atoms with Gasteiger partial charge in [0.15, 0.2) is 5.76 Å². The summed E-state index contributed by atoms with van der Waals surface area (Å²) < 4.78 is 13.3. The van der Waals surface area contributed by atoms with E-state index in [1.54, 1.807) is 10.7 Å². The second-order valence-corrected chi connectivity index (χ2v) is 9.72. The van der Waals surface area contributed by atoms with E-state index in [1.165, 1.54) is 11.3 Å². The summed E-state index contributed by atoms with van der Waals surface area (Å²) in [6.07, 6.45) is 1.37. The van der Waals surface area contributed by atoms with Gasteiger partial charge in [-0.1, -0.05) is 16.8 Å². The number of hydrogen-bond acceptors (Lipinski definition) is 7. The average molecular weight is 464 g/mol. The van der Waals surface area contributed by atoms with Gasteiger partial charge in [-0.2, -0.15) is 5.10 Å². The van der Waals surface area contributed by atoms with Crippen molar-refractivity contribution >= 4 is 29.0 Å². The summed E-state index contributed by atoms with van der Waals surface area (Å²) in [7, 11) is 0. The molecule has 1 N–H and O–H groups in total. The van der Waals surface area contributed by atoms with Crippen molar-refractivity contribution in [1.82, 2.24) is 25.2 Å². The van der Waals surface area contributed by atoms with Gasteiger partial charge < -0.3 is 19.5 Å². The van der Waals surface area contributed by atoms with Gasteiger partial charge in [0.2, 0.25) is 5.88 Å². The molecule has 1 fully saturated rings. The van der Waals surface area contributed by atoms with E-state index in [4.69, 9.17) is 20.9 Å². The minimum Gasteiger partial charge on any atom is -0.392 e. The molecule has 166 valence electrons. The number of nitrogens with one attached hydrogen (secondary N) is 1. The van der Waals surface area contributed by atoms with Crippen LogP contribution in [0.5, 0.6) is 5.88 Å². The van der Waals surface area contributed by atoms with E-state index in [9.17, 15) is 4.79 Å². The number of halogens is 1. The highest BCUT2D eigenvalue weighted by Gasteiger charge is 2.23.